The Bertz CT molecular complexity index is 534. The van der Waals surface area contributed by atoms with Gasteiger partial charge in [-0.05, 0) is 31.5 Å². The van der Waals surface area contributed by atoms with Gasteiger partial charge < -0.3 is 14.6 Å². The summed E-state index contributed by atoms with van der Waals surface area (Å²) in [6, 6.07) is 7.29. The van der Waals surface area contributed by atoms with Crippen molar-refractivity contribution >= 4 is 17.1 Å². The minimum absolute atomic E-state index is 0.429. The van der Waals surface area contributed by atoms with Crippen LogP contribution in [0.15, 0.2) is 22.6 Å². The van der Waals surface area contributed by atoms with E-state index in [2.05, 4.69) is 41.2 Å². The molecule has 2 aromatic rings. The summed E-state index contributed by atoms with van der Waals surface area (Å²) in [5.41, 5.74) is 3.03. The van der Waals surface area contributed by atoms with Crippen molar-refractivity contribution in [1.82, 2.24) is 10.3 Å². The lowest BCUT2D eigenvalue weighted by atomic mass is 10.2. The maximum Gasteiger partial charge on any atom is 0.298 e. The van der Waals surface area contributed by atoms with Crippen LogP contribution in [0.25, 0.3) is 11.1 Å². The van der Waals surface area contributed by atoms with Crippen LogP contribution >= 0.6 is 0 Å². The van der Waals surface area contributed by atoms with E-state index in [1.165, 1.54) is 5.56 Å². The minimum atomic E-state index is 0.429. The largest absolute Gasteiger partial charge is 0.423 e. The van der Waals surface area contributed by atoms with Crippen molar-refractivity contribution in [3.05, 3.63) is 23.8 Å². The molecule has 1 saturated heterocycles. The standard InChI is InChI=1S/C13H17N3O/c1-9-3-4-12-11(7-9)15-13(17-12)16-6-5-14-8-10(16)2/h3-4,7,10,14H,5-6,8H2,1-2H3. The van der Waals surface area contributed by atoms with Crippen LogP contribution in [0, 0.1) is 6.92 Å². The second kappa shape index (κ2) is 4.04. The molecule has 1 N–H and O–H groups in total. The fourth-order valence-electron chi connectivity index (χ4n) is 2.27. The van der Waals surface area contributed by atoms with Gasteiger partial charge in [0.25, 0.3) is 6.01 Å². The molecule has 4 nitrogen and oxygen atoms in total. The fourth-order valence-corrected chi connectivity index (χ4v) is 2.27. The van der Waals surface area contributed by atoms with Gasteiger partial charge in [-0.15, -0.1) is 0 Å². The quantitative estimate of drug-likeness (QED) is 0.814. The van der Waals surface area contributed by atoms with E-state index in [0.717, 1.165) is 36.7 Å². The van der Waals surface area contributed by atoms with Crippen LogP contribution in [0.5, 0.6) is 0 Å². The lowest BCUT2D eigenvalue weighted by Gasteiger charge is -2.32. The number of anilines is 1. The van der Waals surface area contributed by atoms with Crippen LogP contribution in [-0.4, -0.2) is 30.7 Å². The molecule has 2 heterocycles. The first-order chi connectivity index (χ1) is 8.24. The number of benzene rings is 1. The van der Waals surface area contributed by atoms with Crippen molar-refractivity contribution < 1.29 is 4.42 Å². The molecule has 1 atom stereocenters. The second-order valence-electron chi connectivity index (χ2n) is 4.71. The monoisotopic (exact) mass is 231 g/mol. The molecule has 3 rings (SSSR count). The highest BCUT2D eigenvalue weighted by molar-refractivity contribution is 5.75. The Balaban J connectivity index is 1.99. The van der Waals surface area contributed by atoms with Crippen LogP contribution in [-0.2, 0) is 0 Å². The molecule has 0 saturated carbocycles. The van der Waals surface area contributed by atoms with Gasteiger partial charge in [0.05, 0.1) is 0 Å². The van der Waals surface area contributed by atoms with Crippen molar-refractivity contribution in [2.45, 2.75) is 19.9 Å². The molecule has 4 heteroatoms. The summed E-state index contributed by atoms with van der Waals surface area (Å²) in [5, 5.41) is 3.37. The summed E-state index contributed by atoms with van der Waals surface area (Å²) < 4.78 is 5.82. The van der Waals surface area contributed by atoms with Gasteiger partial charge in [0.15, 0.2) is 5.58 Å². The lowest BCUT2D eigenvalue weighted by molar-refractivity contribution is 0.456. The predicted molar refractivity (Wildman–Crippen MR) is 68.4 cm³/mol. The average Bonchev–Trinajstić information content (AvgIpc) is 2.72. The van der Waals surface area contributed by atoms with Crippen molar-refractivity contribution in [3.63, 3.8) is 0 Å². The SMILES string of the molecule is Cc1ccc2oc(N3CCNCC3C)nc2c1. The third kappa shape index (κ3) is 1.89. The highest BCUT2D eigenvalue weighted by Crippen LogP contribution is 2.24. The Morgan fingerprint density at radius 3 is 3.18 bits per heavy atom. The minimum Gasteiger partial charge on any atom is -0.423 e. The molecule has 1 aromatic carbocycles. The number of rotatable bonds is 1. The molecule has 0 radical (unpaired) electrons. The molecule has 17 heavy (non-hydrogen) atoms. The first-order valence-corrected chi connectivity index (χ1v) is 6.08. The molecule has 90 valence electrons. The number of aromatic nitrogens is 1. The van der Waals surface area contributed by atoms with Crippen molar-refractivity contribution in [3.8, 4) is 0 Å². The number of nitrogens with one attached hydrogen (secondary N) is 1. The molecular formula is C13H17N3O. The van der Waals surface area contributed by atoms with Gasteiger partial charge in [0.1, 0.15) is 5.52 Å². The van der Waals surface area contributed by atoms with Gasteiger partial charge in [-0.25, -0.2) is 0 Å². The van der Waals surface area contributed by atoms with Crippen molar-refractivity contribution in [1.29, 1.82) is 0 Å². The molecule has 0 amide bonds. The Labute approximate surface area is 101 Å². The smallest absolute Gasteiger partial charge is 0.298 e. The van der Waals surface area contributed by atoms with E-state index in [9.17, 15) is 0 Å². The summed E-state index contributed by atoms with van der Waals surface area (Å²) in [6.45, 7) is 7.18. The molecule has 0 spiro atoms. The van der Waals surface area contributed by atoms with E-state index in [4.69, 9.17) is 4.42 Å². The van der Waals surface area contributed by atoms with Gasteiger partial charge in [-0.2, -0.15) is 4.98 Å². The third-order valence-electron chi connectivity index (χ3n) is 3.28. The van der Waals surface area contributed by atoms with Crippen LogP contribution in [0.3, 0.4) is 0 Å². The zero-order valence-electron chi connectivity index (χ0n) is 10.2. The highest BCUT2D eigenvalue weighted by atomic mass is 16.4. The number of nitrogens with zero attached hydrogens (tertiary/aromatic N) is 2. The van der Waals surface area contributed by atoms with Crippen LogP contribution in [0.2, 0.25) is 0 Å². The molecular weight excluding hydrogens is 214 g/mol. The van der Waals surface area contributed by atoms with Gasteiger partial charge in [-0.1, -0.05) is 6.07 Å². The first kappa shape index (κ1) is 10.6. The molecule has 1 unspecified atom stereocenters. The average molecular weight is 231 g/mol. The topological polar surface area (TPSA) is 41.3 Å². The lowest BCUT2D eigenvalue weighted by Crippen LogP contribution is -2.50. The number of hydrogen-bond donors (Lipinski definition) is 1. The van der Waals surface area contributed by atoms with Crippen molar-refractivity contribution in [2.75, 3.05) is 24.5 Å². The zero-order chi connectivity index (χ0) is 11.8. The molecule has 1 aromatic heterocycles. The summed E-state index contributed by atoms with van der Waals surface area (Å²) in [7, 11) is 0. The predicted octanol–water partition coefficient (Wildman–Crippen LogP) is 1.93. The summed E-state index contributed by atoms with van der Waals surface area (Å²) in [6.07, 6.45) is 0. The van der Waals surface area contributed by atoms with E-state index in [1.807, 2.05) is 6.07 Å². The van der Waals surface area contributed by atoms with Crippen LogP contribution in [0.1, 0.15) is 12.5 Å². The number of fused-ring (bicyclic) bond motifs is 1. The zero-order valence-corrected chi connectivity index (χ0v) is 10.2. The summed E-state index contributed by atoms with van der Waals surface area (Å²) in [5.74, 6) is 0. The van der Waals surface area contributed by atoms with E-state index in [0.29, 0.717) is 6.04 Å². The van der Waals surface area contributed by atoms with Gasteiger partial charge in [-0.3, -0.25) is 0 Å². The maximum atomic E-state index is 5.82. The second-order valence-corrected chi connectivity index (χ2v) is 4.71. The van der Waals surface area contributed by atoms with Crippen LogP contribution in [0.4, 0.5) is 6.01 Å². The highest BCUT2D eigenvalue weighted by Gasteiger charge is 2.22. The van der Waals surface area contributed by atoms with Gasteiger partial charge >= 0.3 is 0 Å². The molecule has 1 fully saturated rings. The molecule has 1 aliphatic heterocycles. The Morgan fingerprint density at radius 1 is 1.47 bits per heavy atom. The summed E-state index contributed by atoms with van der Waals surface area (Å²) in [4.78, 5) is 6.81. The van der Waals surface area contributed by atoms with E-state index in [1.54, 1.807) is 0 Å². The number of hydrogen-bond acceptors (Lipinski definition) is 4. The van der Waals surface area contributed by atoms with E-state index < -0.39 is 0 Å². The van der Waals surface area contributed by atoms with Gasteiger partial charge in [0, 0.05) is 25.7 Å². The van der Waals surface area contributed by atoms with Crippen LogP contribution < -0.4 is 10.2 Å². The van der Waals surface area contributed by atoms with Gasteiger partial charge in [0.2, 0.25) is 0 Å². The summed E-state index contributed by atoms with van der Waals surface area (Å²) >= 11 is 0. The Kier molecular flexibility index (Phi) is 2.52. The number of piperazine rings is 1. The molecule has 0 aliphatic carbocycles. The number of aryl methyl sites for hydroxylation is 1. The number of oxazole rings is 1. The van der Waals surface area contributed by atoms with Crippen molar-refractivity contribution in [2.24, 2.45) is 0 Å². The molecule has 0 bridgehead atoms. The third-order valence-corrected chi connectivity index (χ3v) is 3.28. The van der Waals surface area contributed by atoms with E-state index >= 15 is 0 Å². The van der Waals surface area contributed by atoms with E-state index in [-0.39, 0.29) is 0 Å². The molecule has 1 aliphatic rings. The maximum absolute atomic E-state index is 5.82. The Morgan fingerprint density at radius 2 is 2.35 bits per heavy atom. The first-order valence-electron chi connectivity index (χ1n) is 6.08. The normalized spacial score (nSPS) is 21.1. The Hall–Kier alpha value is -1.55. The fraction of sp³-hybridized carbons (Fsp3) is 0.462.